The topological polar surface area (TPSA) is 99.6 Å². The van der Waals surface area contributed by atoms with Crippen LogP contribution in [0, 0.1) is 0 Å². The van der Waals surface area contributed by atoms with Crippen LogP contribution in [0.1, 0.15) is 24.5 Å². The Morgan fingerprint density at radius 1 is 1.03 bits per heavy atom. The molecule has 3 heterocycles. The number of Topliss-reactive ketones (excluding diaryl/α,β-unsaturated/α-hetero) is 1. The second kappa shape index (κ2) is 9.99. The molecule has 37 heavy (non-hydrogen) atoms. The van der Waals surface area contributed by atoms with E-state index in [1.165, 1.54) is 9.80 Å². The smallest absolute Gasteiger partial charge is 0.296 e. The van der Waals surface area contributed by atoms with Gasteiger partial charge < -0.3 is 24.4 Å². The highest BCUT2D eigenvalue weighted by atomic mass is 16.5. The van der Waals surface area contributed by atoms with Crippen molar-refractivity contribution in [2.75, 3.05) is 57.9 Å². The van der Waals surface area contributed by atoms with Gasteiger partial charge in [0.15, 0.2) is 5.54 Å². The number of rotatable bonds is 7. The Labute approximate surface area is 215 Å². The Kier molecular flexibility index (Phi) is 6.74. The molecule has 9 heteroatoms. The summed E-state index contributed by atoms with van der Waals surface area (Å²) in [5, 5.41) is 11.5. The lowest BCUT2D eigenvalue weighted by Gasteiger charge is -2.35. The van der Waals surface area contributed by atoms with Gasteiger partial charge in [-0.05, 0) is 43.7 Å². The fourth-order valence-electron chi connectivity index (χ4n) is 5.57. The summed E-state index contributed by atoms with van der Waals surface area (Å²) in [4.78, 5) is 46.1. The van der Waals surface area contributed by atoms with Gasteiger partial charge in [0.1, 0.15) is 11.5 Å². The number of para-hydroxylation sites is 1. The van der Waals surface area contributed by atoms with E-state index in [2.05, 4.69) is 4.90 Å². The first-order valence-corrected chi connectivity index (χ1v) is 12.6. The van der Waals surface area contributed by atoms with Gasteiger partial charge in [0, 0.05) is 50.0 Å². The Morgan fingerprint density at radius 2 is 1.73 bits per heavy atom. The largest absolute Gasteiger partial charge is 0.507 e. The molecule has 0 bridgehead atoms. The number of fused-ring (bicyclic) bond motifs is 2. The van der Waals surface area contributed by atoms with Crippen LogP contribution in [0.5, 0.6) is 5.75 Å². The number of nitrogens with zero attached hydrogens (tertiary/aromatic N) is 3. The highest BCUT2D eigenvalue weighted by Gasteiger charge is 2.66. The summed E-state index contributed by atoms with van der Waals surface area (Å²) in [6, 6.07) is 13.7. The maximum Gasteiger partial charge on any atom is 0.296 e. The molecule has 1 spiro atoms. The number of anilines is 1. The van der Waals surface area contributed by atoms with Crippen molar-refractivity contribution in [1.29, 1.82) is 0 Å². The summed E-state index contributed by atoms with van der Waals surface area (Å²) in [7, 11) is 1.63. The monoisotopic (exact) mass is 505 g/mol. The molecule has 2 fully saturated rings. The highest BCUT2D eigenvalue weighted by molar-refractivity contribution is 6.50. The molecule has 3 aliphatic heterocycles. The number of morpholine rings is 1. The minimum atomic E-state index is -1.73. The van der Waals surface area contributed by atoms with E-state index >= 15 is 0 Å². The molecule has 0 aromatic heterocycles. The van der Waals surface area contributed by atoms with Crippen LogP contribution in [0.2, 0.25) is 0 Å². The number of hydrogen-bond donors (Lipinski definition) is 1. The zero-order valence-electron chi connectivity index (χ0n) is 21.1. The summed E-state index contributed by atoms with van der Waals surface area (Å²) < 4.78 is 10.9. The Bertz CT molecular complexity index is 1250. The molecule has 5 rings (SSSR count). The van der Waals surface area contributed by atoms with E-state index in [1.54, 1.807) is 55.6 Å². The Morgan fingerprint density at radius 3 is 2.43 bits per heavy atom. The molecule has 1 unspecified atom stereocenters. The van der Waals surface area contributed by atoms with Crippen molar-refractivity contribution < 1.29 is 29.0 Å². The standard InChI is InChI=1S/C28H31N3O6/c1-3-37-20-11-9-19(10-12-20)24(32)23-25(33)26(34)31(14-6-13-30-15-17-36-18-16-30)28(23)21-7-4-5-8-22(21)29(2)27(28)35/h4-5,7-12,32H,3,6,13-18H2,1-2H3/b24-23-. The lowest BCUT2D eigenvalue weighted by molar-refractivity contribution is -0.143. The average molecular weight is 506 g/mol. The molecule has 1 atom stereocenters. The fourth-order valence-corrected chi connectivity index (χ4v) is 5.57. The number of ether oxygens (including phenoxy) is 2. The summed E-state index contributed by atoms with van der Waals surface area (Å²) >= 11 is 0. The molecule has 0 radical (unpaired) electrons. The van der Waals surface area contributed by atoms with Gasteiger partial charge in [-0.2, -0.15) is 0 Å². The van der Waals surface area contributed by atoms with Gasteiger partial charge in [-0.1, -0.05) is 18.2 Å². The third-order valence-corrected chi connectivity index (χ3v) is 7.34. The number of likely N-dealkylation sites (N-methyl/N-ethyl adjacent to an activating group) is 1. The van der Waals surface area contributed by atoms with Crippen molar-refractivity contribution >= 4 is 29.0 Å². The van der Waals surface area contributed by atoms with Crippen molar-refractivity contribution in [2.45, 2.75) is 18.9 Å². The predicted molar refractivity (Wildman–Crippen MR) is 137 cm³/mol. The van der Waals surface area contributed by atoms with E-state index in [0.29, 0.717) is 55.4 Å². The second-order valence-electron chi connectivity index (χ2n) is 9.37. The molecule has 2 saturated heterocycles. The molecule has 3 aliphatic rings. The maximum absolute atomic E-state index is 14.0. The molecule has 2 amide bonds. The molecule has 2 aromatic rings. The first-order chi connectivity index (χ1) is 17.9. The normalized spacial score (nSPS) is 23.2. The number of ketones is 1. The van der Waals surface area contributed by atoms with E-state index in [-0.39, 0.29) is 17.9 Å². The van der Waals surface area contributed by atoms with Crippen molar-refractivity contribution in [3.05, 3.63) is 65.2 Å². The van der Waals surface area contributed by atoms with Gasteiger partial charge in [0.2, 0.25) is 0 Å². The first-order valence-electron chi connectivity index (χ1n) is 12.6. The predicted octanol–water partition coefficient (Wildman–Crippen LogP) is 2.36. The van der Waals surface area contributed by atoms with Crippen LogP contribution < -0.4 is 9.64 Å². The van der Waals surface area contributed by atoms with Crippen LogP contribution in [0.4, 0.5) is 5.69 Å². The van der Waals surface area contributed by atoms with Crippen molar-refractivity contribution in [3.8, 4) is 5.75 Å². The van der Waals surface area contributed by atoms with Crippen LogP contribution in [0.15, 0.2) is 54.1 Å². The van der Waals surface area contributed by atoms with E-state index < -0.39 is 23.1 Å². The van der Waals surface area contributed by atoms with Crippen LogP contribution >= 0.6 is 0 Å². The third kappa shape index (κ3) is 3.98. The van der Waals surface area contributed by atoms with Gasteiger partial charge in [-0.25, -0.2) is 0 Å². The Balaban J connectivity index is 1.60. The van der Waals surface area contributed by atoms with Crippen LogP contribution in [-0.4, -0.2) is 85.6 Å². The van der Waals surface area contributed by atoms with Crippen LogP contribution in [0.3, 0.4) is 0 Å². The molecular weight excluding hydrogens is 474 g/mol. The summed E-state index contributed by atoms with van der Waals surface area (Å²) in [6.07, 6.45) is 0.566. The number of amides is 2. The van der Waals surface area contributed by atoms with Crippen LogP contribution in [0.25, 0.3) is 5.76 Å². The summed E-state index contributed by atoms with van der Waals surface area (Å²) in [5.74, 6) is -1.86. The lowest BCUT2D eigenvalue weighted by Crippen LogP contribution is -2.52. The fraction of sp³-hybridized carbons (Fsp3) is 0.393. The van der Waals surface area contributed by atoms with Gasteiger partial charge in [-0.15, -0.1) is 0 Å². The highest BCUT2D eigenvalue weighted by Crippen LogP contribution is 2.53. The minimum absolute atomic E-state index is 0.190. The molecule has 9 nitrogen and oxygen atoms in total. The van der Waals surface area contributed by atoms with E-state index in [9.17, 15) is 19.5 Å². The van der Waals surface area contributed by atoms with E-state index in [4.69, 9.17) is 9.47 Å². The number of carbonyl (C=O) groups is 3. The molecule has 0 saturated carbocycles. The number of aliphatic hydroxyl groups is 1. The summed E-state index contributed by atoms with van der Waals surface area (Å²) in [6.45, 7) is 6.16. The molecule has 1 N–H and O–H groups in total. The van der Waals surface area contributed by atoms with Crippen molar-refractivity contribution in [3.63, 3.8) is 0 Å². The van der Waals surface area contributed by atoms with Gasteiger partial charge in [0.25, 0.3) is 17.6 Å². The Hall–Kier alpha value is -3.69. The molecule has 194 valence electrons. The first kappa shape index (κ1) is 25.0. The van der Waals surface area contributed by atoms with Crippen molar-refractivity contribution in [1.82, 2.24) is 9.80 Å². The second-order valence-corrected chi connectivity index (χ2v) is 9.37. The van der Waals surface area contributed by atoms with Crippen LogP contribution in [-0.2, 0) is 24.7 Å². The van der Waals surface area contributed by atoms with E-state index in [0.717, 1.165) is 13.1 Å². The molecule has 2 aromatic carbocycles. The number of aliphatic hydroxyl groups excluding tert-OH is 1. The number of carbonyl (C=O) groups excluding carboxylic acids is 3. The summed E-state index contributed by atoms with van der Waals surface area (Å²) in [5.41, 5.74) is -0.484. The zero-order valence-corrected chi connectivity index (χ0v) is 21.1. The van der Waals surface area contributed by atoms with E-state index in [1.807, 2.05) is 6.92 Å². The maximum atomic E-state index is 14.0. The average Bonchev–Trinajstić information content (AvgIpc) is 3.28. The van der Waals surface area contributed by atoms with Gasteiger partial charge in [-0.3, -0.25) is 19.3 Å². The number of hydrogen-bond acceptors (Lipinski definition) is 7. The third-order valence-electron chi connectivity index (χ3n) is 7.34. The van der Waals surface area contributed by atoms with Gasteiger partial charge in [0.05, 0.1) is 25.4 Å². The van der Waals surface area contributed by atoms with Gasteiger partial charge >= 0.3 is 0 Å². The van der Waals surface area contributed by atoms with Crippen molar-refractivity contribution in [2.24, 2.45) is 0 Å². The minimum Gasteiger partial charge on any atom is -0.507 e. The number of benzene rings is 2. The zero-order chi connectivity index (χ0) is 26.2. The lowest BCUT2D eigenvalue weighted by atomic mass is 9.82. The molecule has 0 aliphatic carbocycles. The quantitative estimate of drug-likeness (QED) is 0.350. The number of likely N-dealkylation sites (tertiary alicyclic amines) is 1. The SMILES string of the molecule is CCOc1ccc(/C(O)=C2\C(=O)C(=O)N(CCCN3CCOCC3)C23C(=O)N(C)c2ccccc23)cc1. The molecular formula is C28H31N3O6.